The molecule has 2 aromatic carbocycles. The van der Waals surface area contributed by atoms with E-state index in [1.54, 1.807) is 13.3 Å². The van der Waals surface area contributed by atoms with Crippen LogP contribution in [0.25, 0.3) is 0 Å². The number of nitrogens with zero attached hydrogens (tertiary/aromatic N) is 3. The minimum absolute atomic E-state index is 0.124. The maximum atomic E-state index is 12.6. The number of hydrogen-bond acceptors (Lipinski definition) is 5. The van der Waals surface area contributed by atoms with Gasteiger partial charge in [-0.2, -0.15) is 0 Å². The Morgan fingerprint density at radius 3 is 2.64 bits per heavy atom. The van der Waals surface area contributed by atoms with Crippen molar-refractivity contribution in [3.05, 3.63) is 82.8 Å². The van der Waals surface area contributed by atoms with Crippen LogP contribution in [0.5, 0.6) is 0 Å². The molecule has 0 radical (unpaired) electrons. The van der Waals surface area contributed by atoms with Gasteiger partial charge in [0.2, 0.25) is 0 Å². The number of carbonyl (C=O) groups excluding carboxylic acids is 1. The molecule has 1 aromatic heterocycles. The monoisotopic (exact) mass is 373 g/mol. The van der Waals surface area contributed by atoms with Crippen molar-refractivity contribution in [1.29, 1.82) is 0 Å². The Labute approximate surface area is 164 Å². The van der Waals surface area contributed by atoms with Crippen LogP contribution >= 0.6 is 0 Å². The van der Waals surface area contributed by atoms with Gasteiger partial charge in [0.25, 0.3) is 5.91 Å². The van der Waals surface area contributed by atoms with E-state index >= 15 is 0 Å². The van der Waals surface area contributed by atoms with Crippen molar-refractivity contribution in [2.24, 2.45) is 4.99 Å². The van der Waals surface area contributed by atoms with Crippen molar-refractivity contribution < 1.29 is 4.79 Å². The Bertz CT molecular complexity index is 999. The molecule has 2 N–H and O–H groups in total. The Morgan fingerprint density at radius 2 is 1.89 bits per heavy atom. The number of amides is 1. The van der Waals surface area contributed by atoms with Gasteiger partial charge < -0.3 is 10.6 Å². The zero-order valence-electron chi connectivity index (χ0n) is 16.2. The largest absolute Gasteiger partial charge is 0.348 e. The van der Waals surface area contributed by atoms with Gasteiger partial charge in [-0.3, -0.25) is 9.79 Å². The highest BCUT2D eigenvalue weighted by molar-refractivity contribution is 5.96. The maximum Gasteiger partial charge on any atom is 0.251 e. The minimum Gasteiger partial charge on any atom is -0.348 e. The molecule has 1 amide bonds. The van der Waals surface area contributed by atoms with Gasteiger partial charge in [0.05, 0.1) is 11.3 Å². The minimum atomic E-state index is -0.124. The molecule has 0 aliphatic carbocycles. The first-order valence-corrected chi connectivity index (χ1v) is 9.02. The number of hydrogen-bond donors (Lipinski definition) is 2. The molecule has 3 aromatic rings. The van der Waals surface area contributed by atoms with Crippen LogP contribution in [-0.4, -0.2) is 29.1 Å². The van der Waals surface area contributed by atoms with Gasteiger partial charge in [-0.25, -0.2) is 9.97 Å². The van der Waals surface area contributed by atoms with Crippen LogP contribution in [0.15, 0.2) is 59.9 Å². The molecule has 0 atom stereocenters. The molecular formula is C22H23N5O. The second kappa shape index (κ2) is 8.90. The fraction of sp³-hybridized carbons (Fsp3) is 0.182. The third-order valence-electron chi connectivity index (χ3n) is 4.39. The molecule has 6 nitrogen and oxygen atoms in total. The van der Waals surface area contributed by atoms with Gasteiger partial charge >= 0.3 is 0 Å². The molecule has 1 heterocycles. The number of aliphatic imine (C=N–C) groups is 1. The van der Waals surface area contributed by atoms with E-state index in [1.165, 1.54) is 6.33 Å². The fourth-order valence-corrected chi connectivity index (χ4v) is 2.77. The average Bonchev–Trinajstić information content (AvgIpc) is 2.71. The third kappa shape index (κ3) is 4.59. The highest BCUT2D eigenvalue weighted by Gasteiger charge is 2.11. The number of nitrogens with one attached hydrogen (secondary N) is 2. The lowest BCUT2D eigenvalue weighted by atomic mass is 10.1. The van der Waals surface area contributed by atoms with Crippen LogP contribution in [-0.2, 0) is 6.54 Å². The first kappa shape index (κ1) is 19.2. The molecule has 0 saturated heterocycles. The van der Waals surface area contributed by atoms with Crippen molar-refractivity contribution in [1.82, 2.24) is 15.3 Å². The van der Waals surface area contributed by atoms with Crippen molar-refractivity contribution in [2.75, 3.05) is 12.4 Å². The summed E-state index contributed by atoms with van der Waals surface area (Å²) in [5, 5.41) is 6.27. The lowest BCUT2D eigenvalue weighted by Crippen LogP contribution is -2.22. The topological polar surface area (TPSA) is 79.3 Å². The van der Waals surface area contributed by atoms with Crippen LogP contribution in [0.1, 0.15) is 32.7 Å². The van der Waals surface area contributed by atoms with Gasteiger partial charge in [-0.15, -0.1) is 0 Å². The van der Waals surface area contributed by atoms with Gasteiger partial charge in [0.1, 0.15) is 12.1 Å². The van der Waals surface area contributed by atoms with Crippen molar-refractivity contribution in [3.8, 4) is 0 Å². The summed E-state index contributed by atoms with van der Waals surface area (Å²) >= 11 is 0. The summed E-state index contributed by atoms with van der Waals surface area (Å²) in [6.07, 6.45) is 3.24. The Morgan fingerprint density at radius 1 is 1.11 bits per heavy atom. The lowest BCUT2D eigenvalue weighted by molar-refractivity contribution is 0.0951. The van der Waals surface area contributed by atoms with Gasteiger partial charge in [0.15, 0.2) is 0 Å². The fourth-order valence-electron chi connectivity index (χ4n) is 2.77. The van der Waals surface area contributed by atoms with Crippen molar-refractivity contribution in [2.45, 2.75) is 20.4 Å². The van der Waals surface area contributed by atoms with Gasteiger partial charge in [-0.05, 0) is 37.1 Å². The SMILES string of the molecule is CN=Cc1c(C)ncnc1Nc1cc(C(=O)NCc2ccccc2)ccc1C. The molecule has 0 unspecified atom stereocenters. The van der Waals surface area contributed by atoms with Crippen molar-refractivity contribution in [3.63, 3.8) is 0 Å². The molecule has 6 heteroatoms. The Kier molecular flexibility index (Phi) is 6.11. The molecule has 0 aliphatic heterocycles. The van der Waals surface area contributed by atoms with Crippen LogP contribution < -0.4 is 10.6 Å². The standard InChI is InChI=1S/C22H23N5O/c1-15-9-10-18(22(28)24-12-17-7-5-4-6-8-17)11-20(15)27-21-19(13-23-3)16(2)25-14-26-21/h4-11,13-14H,12H2,1-3H3,(H,24,28)(H,25,26,27). The smallest absolute Gasteiger partial charge is 0.251 e. The highest BCUT2D eigenvalue weighted by Crippen LogP contribution is 2.23. The van der Waals surface area contributed by atoms with Crippen molar-refractivity contribution >= 4 is 23.6 Å². The predicted octanol–water partition coefficient (Wildman–Crippen LogP) is 3.82. The second-order valence-electron chi connectivity index (χ2n) is 6.43. The van der Waals surface area contributed by atoms with E-state index in [2.05, 4.69) is 25.6 Å². The summed E-state index contributed by atoms with van der Waals surface area (Å²) in [5.74, 6) is 0.532. The van der Waals surface area contributed by atoms with E-state index in [9.17, 15) is 4.79 Å². The van der Waals surface area contributed by atoms with E-state index in [0.29, 0.717) is 17.9 Å². The average molecular weight is 373 g/mol. The summed E-state index contributed by atoms with van der Waals surface area (Å²) in [4.78, 5) is 25.2. The van der Waals surface area contributed by atoms with E-state index in [1.807, 2.05) is 62.4 Å². The molecule has 142 valence electrons. The number of aromatic nitrogens is 2. The summed E-state index contributed by atoms with van der Waals surface area (Å²) in [7, 11) is 1.71. The Balaban J connectivity index is 1.80. The molecule has 0 bridgehead atoms. The summed E-state index contributed by atoms with van der Waals surface area (Å²) < 4.78 is 0. The van der Waals surface area contributed by atoms with E-state index < -0.39 is 0 Å². The molecule has 3 rings (SSSR count). The number of aryl methyl sites for hydroxylation is 2. The van der Waals surface area contributed by atoms with Crippen LogP contribution in [0, 0.1) is 13.8 Å². The van der Waals surface area contributed by atoms with E-state index in [-0.39, 0.29) is 5.91 Å². The molecule has 0 aliphatic rings. The zero-order chi connectivity index (χ0) is 19.9. The predicted molar refractivity (Wildman–Crippen MR) is 112 cm³/mol. The molecule has 28 heavy (non-hydrogen) atoms. The van der Waals surface area contributed by atoms with Crippen LogP contribution in [0.4, 0.5) is 11.5 Å². The number of carbonyl (C=O) groups is 1. The third-order valence-corrected chi connectivity index (χ3v) is 4.39. The number of anilines is 2. The second-order valence-corrected chi connectivity index (χ2v) is 6.43. The number of rotatable bonds is 6. The summed E-state index contributed by atoms with van der Waals surface area (Å²) in [6, 6.07) is 15.4. The summed E-state index contributed by atoms with van der Waals surface area (Å²) in [6.45, 7) is 4.37. The molecule has 0 fully saturated rings. The zero-order valence-corrected chi connectivity index (χ0v) is 16.2. The molecule has 0 spiro atoms. The normalized spacial score (nSPS) is 10.8. The molecular weight excluding hydrogens is 350 g/mol. The quantitative estimate of drug-likeness (QED) is 0.644. The summed E-state index contributed by atoms with van der Waals surface area (Å²) in [5.41, 5.74) is 5.12. The number of benzene rings is 2. The van der Waals surface area contributed by atoms with Crippen LogP contribution in [0.2, 0.25) is 0 Å². The van der Waals surface area contributed by atoms with Crippen LogP contribution in [0.3, 0.4) is 0 Å². The maximum absolute atomic E-state index is 12.6. The first-order valence-electron chi connectivity index (χ1n) is 9.02. The van der Waals surface area contributed by atoms with E-state index in [0.717, 1.165) is 28.1 Å². The highest BCUT2D eigenvalue weighted by atomic mass is 16.1. The first-order chi connectivity index (χ1) is 13.6. The van der Waals surface area contributed by atoms with E-state index in [4.69, 9.17) is 0 Å². The Hall–Kier alpha value is -3.54. The van der Waals surface area contributed by atoms with Gasteiger partial charge in [-0.1, -0.05) is 36.4 Å². The lowest BCUT2D eigenvalue weighted by Gasteiger charge is -2.13. The molecule has 0 saturated carbocycles. The van der Waals surface area contributed by atoms with Gasteiger partial charge in [0, 0.05) is 31.1 Å².